The predicted octanol–water partition coefficient (Wildman–Crippen LogP) is 0.605. The van der Waals surface area contributed by atoms with Gasteiger partial charge in [-0.05, 0) is 17.7 Å². The first-order valence-corrected chi connectivity index (χ1v) is 6.64. The lowest BCUT2D eigenvalue weighted by Crippen LogP contribution is -3.14. The van der Waals surface area contributed by atoms with Gasteiger partial charge < -0.3 is 10.0 Å². The number of nitro groups is 1. The standard InChI is InChI=1S/C14H16N2O3/c17-14-11-5-7-15(8-6-11)13(14)9-10-1-3-12(4-2-10)16(18)19/h1-4,9,11,14,17H,5-8H2/p+1/b13-9+/t14-/m1/s1. The molecule has 3 fully saturated rings. The molecule has 2 N–H and O–H groups in total. The Morgan fingerprint density at radius 1 is 1.26 bits per heavy atom. The Morgan fingerprint density at radius 3 is 2.42 bits per heavy atom. The van der Waals surface area contributed by atoms with Gasteiger partial charge in [0, 0.05) is 37.0 Å². The van der Waals surface area contributed by atoms with Crippen LogP contribution >= 0.6 is 0 Å². The van der Waals surface area contributed by atoms with E-state index in [1.807, 2.05) is 6.08 Å². The van der Waals surface area contributed by atoms with Crippen LogP contribution in [0.2, 0.25) is 0 Å². The van der Waals surface area contributed by atoms with Gasteiger partial charge in [-0.3, -0.25) is 10.1 Å². The molecule has 1 aromatic carbocycles. The molecule has 1 aromatic rings. The van der Waals surface area contributed by atoms with Gasteiger partial charge in [-0.1, -0.05) is 0 Å². The Balaban J connectivity index is 1.86. The molecule has 5 nitrogen and oxygen atoms in total. The topological polar surface area (TPSA) is 67.8 Å². The number of hydrogen-bond donors (Lipinski definition) is 2. The second kappa shape index (κ2) is 4.75. The average molecular weight is 261 g/mol. The minimum atomic E-state index is -0.400. The number of non-ortho nitro benzene ring substituents is 1. The van der Waals surface area contributed by atoms with E-state index in [0.29, 0.717) is 5.92 Å². The molecule has 3 aliphatic heterocycles. The molecule has 5 heteroatoms. The monoisotopic (exact) mass is 261 g/mol. The lowest BCUT2D eigenvalue weighted by atomic mass is 9.83. The molecule has 3 heterocycles. The summed E-state index contributed by atoms with van der Waals surface area (Å²) in [5.41, 5.74) is 2.05. The van der Waals surface area contributed by atoms with Crippen LogP contribution in [0, 0.1) is 16.0 Å². The normalized spacial score (nSPS) is 31.6. The Morgan fingerprint density at radius 2 is 1.89 bits per heavy atom. The highest BCUT2D eigenvalue weighted by atomic mass is 16.6. The van der Waals surface area contributed by atoms with Crippen LogP contribution < -0.4 is 4.90 Å². The fourth-order valence-corrected chi connectivity index (χ4v) is 3.12. The lowest BCUT2D eigenvalue weighted by molar-refractivity contribution is -0.880. The lowest BCUT2D eigenvalue weighted by Gasteiger charge is -2.40. The predicted molar refractivity (Wildman–Crippen MR) is 70.5 cm³/mol. The molecule has 19 heavy (non-hydrogen) atoms. The highest BCUT2D eigenvalue weighted by molar-refractivity contribution is 5.54. The summed E-state index contributed by atoms with van der Waals surface area (Å²) in [6, 6.07) is 6.48. The zero-order valence-electron chi connectivity index (χ0n) is 10.6. The number of hydrogen-bond acceptors (Lipinski definition) is 3. The molecule has 2 bridgehead atoms. The van der Waals surface area contributed by atoms with Crippen LogP contribution in [0.3, 0.4) is 0 Å². The van der Waals surface area contributed by atoms with Crippen molar-refractivity contribution in [2.45, 2.75) is 18.9 Å². The third-order valence-corrected chi connectivity index (χ3v) is 4.23. The van der Waals surface area contributed by atoms with Gasteiger partial charge in [0.2, 0.25) is 0 Å². The van der Waals surface area contributed by atoms with Crippen molar-refractivity contribution >= 4 is 11.8 Å². The third kappa shape index (κ3) is 2.27. The quantitative estimate of drug-likeness (QED) is 0.605. The van der Waals surface area contributed by atoms with E-state index < -0.39 is 4.92 Å². The molecule has 0 amide bonds. The Bertz CT molecular complexity index is 512. The first kappa shape index (κ1) is 12.3. The van der Waals surface area contributed by atoms with Gasteiger partial charge in [0.05, 0.1) is 18.0 Å². The molecule has 0 radical (unpaired) electrons. The number of nitro benzene ring substituents is 1. The number of rotatable bonds is 2. The van der Waals surface area contributed by atoms with Crippen molar-refractivity contribution < 1.29 is 14.9 Å². The van der Waals surface area contributed by atoms with Gasteiger partial charge in [-0.15, -0.1) is 0 Å². The Kier molecular flexibility index (Phi) is 3.08. The molecule has 0 saturated carbocycles. The van der Waals surface area contributed by atoms with E-state index in [1.165, 1.54) is 17.0 Å². The van der Waals surface area contributed by atoms with Crippen molar-refractivity contribution in [3.05, 3.63) is 45.6 Å². The van der Waals surface area contributed by atoms with Gasteiger partial charge in [0.15, 0.2) is 0 Å². The maximum atomic E-state index is 10.6. The summed E-state index contributed by atoms with van der Waals surface area (Å²) in [5.74, 6) is 0.391. The number of piperidine rings is 3. The molecule has 0 aliphatic carbocycles. The van der Waals surface area contributed by atoms with Crippen LogP contribution in [0.4, 0.5) is 5.69 Å². The summed E-state index contributed by atoms with van der Waals surface area (Å²) in [4.78, 5) is 11.6. The minimum absolute atomic E-state index is 0.0977. The summed E-state index contributed by atoms with van der Waals surface area (Å²) in [7, 11) is 0. The smallest absolute Gasteiger partial charge is 0.269 e. The van der Waals surface area contributed by atoms with Crippen LogP contribution in [0.15, 0.2) is 30.0 Å². The molecule has 4 rings (SSSR count). The Hall–Kier alpha value is -1.72. The summed E-state index contributed by atoms with van der Waals surface area (Å²) >= 11 is 0. The van der Waals surface area contributed by atoms with Crippen molar-refractivity contribution in [2.24, 2.45) is 5.92 Å². The first-order chi connectivity index (χ1) is 9.15. The van der Waals surface area contributed by atoms with Crippen molar-refractivity contribution in [2.75, 3.05) is 13.1 Å². The van der Waals surface area contributed by atoms with Crippen LogP contribution in [0.5, 0.6) is 0 Å². The summed E-state index contributed by atoms with van der Waals surface area (Å²) in [6.45, 7) is 2.17. The highest BCUT2D eigenvalue weighted by Crippen LogP contribution is 2.25. The first-order valence-electron chi connectivity index (χ1n) is 6.64. The maximum Gasteiger partial charge on any atom is 0.269 e. The number of nitrogens with zero attached hydrogens (tertiary/aromatic N) is 1. The maximum absolute atomic E-state index is 10.6. The molecule has 3 aliphatic rings. The number of aliphatic hydroxyl groups is 1. The van der Waals surface area contributed by atoms with Gasteiger partial charge >= 0.3 is 0 Å². The van der Waals surface area contributed by atoms with Crippen molar-refractivity contribution in [1.82, 2.24) is 0 Å². The minimum Gasteiger partial charge on any atom is -0.383 e. The van der Waals surface area contributed by atoms with E-state index in [-0.39, 0.29) is 11.8 Å². The molecule has 1 atom stereocenters. The van der Waals surface area contributed by atoms with Crippen LogP contribution in [0.25, 0.3) is 6.08 Å². The molecule has 0 spiro atoms. The zero-order valence-corrected chi connectivity index (χ0v) is 10.6. The van der Waals surface area contributed by atoms with E-state index in [9.17, 15) is 15.2 Å². The van der Waals surface area contributed by atoms with Gasteiger partial charge in [0.25, 0.3) is 5.69 Å². The third-order valence-electron chi connectivity index (χ3n) is 4.23. The number of aliphatic hydroxyl groups excluding tert-OH is 1. The Labute approximate surface area is 111 Å². The zero-order chi connectivity index (χ0) is 13.4. The fraction of sp³-hybridized carbons (Fsp3) is 0.429. The van der Waals surface area contributed by atoms with Crippen LogP contribution in [-0.2, 0) is 0 Å². The number of nitrogens with one attached hydrogen (secondary N) is 1. The summed E-state index contributed by atoms with van der Waals surface area (Å²) in [5, 5.41) is 20.9. The molecule has 0 unspecified atom stereocenters. The largest absolute Gasteiger partial charge is 0.383 e. The van der Waals surface area contributed by atoms with E-state index in [4.69, 9.17) is 0 Å². The molecule has 100 valence electrons. The van der Waals surface area contributed by atoms with Crippen LogP contribution in [0.1, 0.15) is 18.4 Å². The number of quaternary nitrogens is 1. The number of fused-ring (bicyclic) bond motifs is 3. The van der Waals surface area contributed by atoms with Crippen molar-refractivity contribution in [3.8, 4) is 0 Å². The van der Waals surface area contributed by atoms with Crippen LogP contribution in [-0.4, -0.2) is 29.2 Å². The van der Waals surface area contributed by atoms with E-state index in [1.54, 1.807) is 12.1 Å². The van der Waals surface area contributed by atoms with Crippen molar-refractivity contribution in [3.63, 3.8) is 0 Å². The van der Waals surface area contributed by atoms with E-state index in [0.717, 1.165) is 37.2 Å². The number of benzene rings is 1. The second-order valence-corrected chi connectivity index (χ2v) is 5.33. The molecule has 0 aromatic heterocycles. The van der Waals surface area contributed by atoms with Gasteiger partial charge in [-0.25, -0.2) is 0 Å². The SMILES string of the molecule is O=[N+]([O-])c1ccc(/C=C2\[C@H](O)C3CC[NH+]2CC3)cc1. The van der Waals surface area contributed by atoms with E-state index in [2.05, 4.69) is 0 Å². The summed E-state index contributed by atoms with van der Waals surface area (Å²) < 4.78 is 0. The molecular formula is C14H17N2O3+. The van der Waals surface area contributed by atoms with Crippen molar-refractivity contribution in [1.29, 1.82) is 0 Å². The fourth-order valence-electron chi connectivity index (χ4n) is 3.12. The highest BCUT2D eigenvalue weighted by Gasteiger charge is 2.40. The van der Waals surface area contributed by atoms with E-state index >= 15 is 0 Å². The molecular weight excluding hydrogens is 244 g/mol. The summed E-state index contributed by atoms with van der Waals surface area (Å²) in [6.07, 6.45) is 3.81. The molecule has 3 saturated heterocycles. The van der Waals surface area contributed by atoms with Gasteiger partial charge in [0.1, 0.15) is 11.8 Å². The average Bonchev–Trinajstić information content (AvgIpc) is 2.44. The van der Waals surface area contributed by atoms with Gasteiger partial charge in [-0.2, -0.15) is 0 Å². The second-order valence-electron chi connectivity index (χ2n) is 5.33.